The Bertz CT molecular complexity index is 404. The highest BCUT2D eigenvalue weighted by Crippen LogP contribution is 2.37. The molecule has 0 aliphatic carbocycles. The van der Waals surface area contributed by atoms with E-state index in [1.807, 2.05) is 0 Å². The topological polar surface area (TPSA) is 21.3 Å². The summed E-state index contributed by atoms with van der Waals surface area (Å²) in [6, 6.07) is 4.56. The highest BCUT2D eigenvalue weighted by molar-refractivity contribution is 5.39. The highest BCUT2D eigenvalue weighted by atomic mass is 16.5. The summed E-state index contributed by atoms with van der Waals surface area (Å²) < 4.78 is 6.04. The Morgan fingerprint density at radius 1 is 1.21 bits per heavy atom. The third-order valence-electron chi connectivity index (χ3n) is 4.07. The Kier molecular flexibility index (Phi) is 5.00. The van der Waals surface area contributed by atoms with Crippen LogP contribution in [0, 0.1) is 26.7 Å². The molecule has 1 aromatic carbocycles. The molecule has 1 heterocycles. The quantitative estimate of drug-likeness (QED) is 0.816. The van der Waals surface area contributed by atoms with Gasteiger partial charge in [-0.3, -0.25) is 0 Å². The molecule has 0 radical (unpaired) electrons. The summed E-state index contributed by atoms with van der Waals surface area (Å²) in [5.74, 6) is 0.617. The van der Waals surface area contributed by atoms with Crippen LogP contribution < -0.4 is 5.32 Å². The van der Waals surface area contributed by atoms with Gasteiger partial charge in [-0.15, -0.1) is 0 Å². The second-order valence-corrected chi connectivity index (χ2v) is 5.86. The molecule has 0 aromatic heterocycles. The first-order chi connectivity index (χ1) is 9.13. The lowest BCUT2D eigenvalue weighted by Gasteiger charge is -2.23. The minimum atomic E-state index is 0.282. The molecule has 2 atom stereocenters. The van der Waals surface area contributed by atoms with E-state index in [2.05, 4.69) is 45.1 Å². The molecule has 2 rings (SSSR count). The predicted octanol–water partition coefficient (Wildman–Crippen LogP) is 3.69. The standard InChI is InChI=1S/C17H27NO/c1-5-7-18-11-15-6-8-19-17(15)16-13(3)9-12(2)10-14(16)4/h9-10,15,17-18H,5-8,11H2,1-4H3. The van der Waals surface area contributed by atoms with Crippen LogP contribution >= 0.6 is 0 Å². The van der Waals surface area contributed by atoms with Gasteiger partial charge >= 0.3 is 0 Å². The largest absolute Gasteiger partial charge is 0.373 e. The predicted molar refractivity (Wildman–Crippen MR) is 80.6 cm³/mol. The molecule has 2 unspecified atom stereocenters. The zero-order valence-electron chi connectivity index (χ0n) is 12.8. The van der Waals surface area contributed by atoms with E-state index in [9.17, 15) is 0 Å². The Morgan fingerprint density at radius 2 is 1.89 bits per heavy atom. The fourth-order valence-corrected chi connectivity index (χ4v) is 3.27. The van der Waals surface area contributed by atoms with Gasteiger partial charge in [0.15, 0.2) is 0 Å². The van der Waals surface area contributed by atoms with Crippen molar-refractivity contribution in [3.8, 4) is 0 Å². The molecular formula is C17H27NO. The monoisotopic (exact) mass is 261 g/mol. The highest BCUT2D eigenvalue weighted by Gasteiger charge is 2.31. The number of rotatable bonds is 5. The molecular weight excluding hydrogens is 234 g/mol. The summed E-state index contributed by atoms with van der Waals surface area (Å²) in [5.41, 5.74) is 5.53. The normalized spacial score (nSPS) is 22.9. The zero-order valence-corrected chi connectivity index (χ0v) is 12.8. The van der Waals surface area contributed by atoms with E-state index in [4.69, 9.17) is 4.74 Å². The van der Waals surface area contributed by atoms with Gasteiger partial charge in [-0.1, -0.05) is 24.6 Å². The van der Waals surface area contributed by atoms with Gasteiger partial charge in [0.05, 0.1) is 6.10 Å². The van der Waals surface area contributed by atoms with Crippen molar-refractivity contribution in [1.82, 2.24) is 5.32 Å². The number of nitrogens with one attached hydrogen (secondary N) is 1. The van der Waals surface area contributed by atoms with Crippen LogP contribution in [-0.4, -0.2) is 19.7 Å². The number of aryl methyl sites for hydroxylation is 3. The molecule has 0 bridgehead atoms. The van der Waals surface area contributed by atoms with Crippen LogP contribution in [0.1, 0.15) is 48.1 Å². The van der Waals surface area contributed by atoms with Crippen LogP contribution in [-0.2, 0) is 4.74 Å². The Labute approximate surface area is 117 Å². The summed E-state index contributed by atoms with van der Waals surface area (Å²) in [6.07, 6.45) is 2.65. The van der Waals surface area contributed by atoms with Crippen LogP contribution in [0.2, 0.25) is 0 Å². The summed E-state index contributed by atoms with van der Waals surface area (Å²) >= 11 is 0. The van der Waals surface area contributed by atoms with E-state index in [0.717, 1.165) is 19.7 Å². The average Bonchev–Trinajstić information content (AvgIpc) is 2.76. The third-order valence-corrected chi connectivity index (χ3v) is 4.07. The molecule has 106 valence electrons. The Hall–Kier alpha value is -0.860. The number of hydrogen-bond donors (Lipinski definition) is 1. The maximum Gasteiger partial charge on any atom is 0.0871 e. The number of ether oxygens (including phenoxy) is 1. The second-order valence-electron chi connectivity index (χ2n) is 5.86. The van der Waals surface area contributed by atoms with Crippen molar-refractivity contribution in [2.45, 2.75) is 46.6 Å². The van der Waals surface area contributed by atoms with Crippen molar-refractivity contribution < 1.29 is 4.74 Å². The first-order valence-corrected chi connectivity index (χ1v) is 7.53. The van der Waals surface area contributed by atoms with E-state index in [1.54, 1.807) is 0 Å². The molecule has 2 heteroatoms. The number of benzene rings is 1. The lowest BCUT2D eigenvalue weighted by atomic mass is 9.88. The summed E-state index contributed by atoms with van der Waals surface area (Å²) in [5, 5.41) is 3.55. The second kappa shape index (κ2) is 6.53. The molecule has 19 heavy (non-hydrogen) atoms. The van der Waals surface area contributed by atoms with Crippen molar-refractivity contribution in [3.63, 3.8) is 0 Å². The Morgan fingerprint density at radius 3 is 2.53 bits per heavy atom. The van der Waals surface area contributed by atoms with Gasteiger partial charge in [0.2, 0.25) is 0 Å². The third kappa shape index (κ3) is 3.37. The molecule has 1 fully saturated rings. The van der Waals surface area contributed by atoms with E-state index >= 15 is 0 Å². The zero-order chi connectivity index (χ0) is 13.8. The summed E-state index contributed by atoms with van der Waals surface area (Å²) in [6.45, 7) is 11.9. The van der Waals surface area contributed by atoms with E-state index in [-0.39, 0.29) is 6.10 Å². The van der Waals surface area contributed by atoms with E-state index < -0.39 is 0 Å². The first-order valence-electron chi connectivity index (χ1n) is 7.53. The van der Waals surface area contributed by atoms with Crippen LogP contribution in [0.25, 0.3) is 0 Å². The molecule has 1 N–H and O–H groups in total. The SMILES string of the molecule is CCCNCC1CCOC1c1c(C)cc(C)cc1C. The van der Waals surface area contributed by atoms with Crippen LogP contribution in [0.5, 0.6) is 0 Å². The number of hydrogen-bond acceptors (Lipinski definition) is 2. The van der Waals surface area contributed by atoms with Crippen molar-refractivity contribution in [2.24, 2.45) is 5.92 Å². The van der Waals surface area contributed by atoms with E-state index in [1.165, 1.54) is 35.1 Å². The van der Waals surface area contributed by atoms with Crippen molar-refractivity contribution in [3.05, 3.63) is 34.4 Å². The molecule has 2 nitrogen and oxygen atoms in total. The van der Waals surface area contributed by atoms with Crippen LogP contribution in [0.15, 0.2) is 12.1 Å². The van der Waals surface area contributed by atoms with Gasteiger partial charge < -0.3 is 10.1 Å². The maximum absolute atomic E-state index is 6.04. The molecule has 1 saturated heterocycles. The minimum Gasteiger partial charge on any atom is -0.373 e. The molecule has 0 spiro atoms. The fraction of sp³-hybridized carbons (Fsp3) is 0.647. The average molecular weight is 261 g/mol. The molecule has 0 amide bonds. The molecule has 1 aromatic rings. The van der Waals surface area contributed by atoms with Crippen molar-refractivity contribution in [2.75, 3.05) is 19.7 Å². The summed E-state index contributed by atoms with van der Waals surface area (Å²) in [4.78, 5) is 0. The van der Waals surface area contributed by atoms with Gasteiger partial charge in [0, 0.05) is 19.1 Å². The van der Waals surface area contributed by atoms with Crippen LogP contribution in [0.3, 0.4) is 0 Å². The van der Waals surface area contributed by atoms with Gasteiger partial charge in [0.25, 0.3) is 0 Å². The lowest BCUT2D eigenvalue weighted by Crippen LogP contribution is -2.26. The van der Waals surface area contributed by atoms with Crippen molar-refractivity contribution >= 4 is 0 Å². The first kappa shape index (κ1) is 14.5. The maximum atomic E-state index is 6.04. The minimum absolute atomic E-state index is 0.282. The van der Waals surface area contributed by atoms with E-state index in [0.29, 0.717) is 5.92 Å². The molecule has 1 aliphatic rings. The molecule has 1 aliphatic heterocycles. The smallest absolute Gasteiger partial charge is 0.0871 e. The van der Waals surface area contributed by atoms with Crippen LogP contribution in [0.4, 0.5) is 0 Å². The summed E-state index contributed by atoms with van der Waals surface area (Å²) in [7, 11) is 0. The van der Waals surface area contributed by atoms with Gasteiger partial charge in [-0.25, -0.2) is 0 Å². The Balaban J connectivity index is 2.15. The van der Waals surface area contributed by atoms with Gasteiger partial charge in [0.1, 0.15) is 0 Å². The van der Waals surface area contributed by atoms with Gasteiger partial charge in [-0.2, -0.15) is 0 Å². The fourth-order valence-electron chi connectivity index (χ4n) is 3.27. The molecule has 0 saturated carbocycles. The van der Waals surface area contributed by atoms with Gasteiger partial charge in [-0.05, 0) is 56.8 Å². The van der Waals surface area contributed by atoms with Crippen molar-refractivity contribution in [1.29, 1.82) is 0 Å². The lowest BCUT2D eigenvalue weighted by molar-refractivity contribution is 0.0895.